The summed E-state index contributed by atoms with van der Waals surface area (Å²) < 4.78 is 0. The van der Waals surface area contributed by atoms with Crippen LogP contribution in [0, 0.1) is 0 Å². The zero-order chi connectivity index (χ0) is 24.1. The van der Waals surface area contributed by atoms with E-state index in [1.54, 1.807) is 12.1 Å². The Morgan fingerprint density at radius 1 is 0.909 bits per heavy atom. The highest BCUT2D eigenvalue weighted by Gasteiger charge is 2.16. The van der Waals surface area contributed by atoms with Crippen LogP contribution >= 0.6 is 11.6 Å². The highest BCUT2D eigenvalue weighted by molar-refractivity contribution is 6.30. The largest absolute Gasteiger partial charge is 0.473 e. The number of carbonyl (C=O) groups is 3. The minimum absolute atomic E-state index is 0.0329. The summed E-state index contributed by atoms with van der Waals surface area (Å²) in [7, 11) is 0. The number of carbonyl (C=O) groups excluding carboxylic acids is 1. The van der Waals surface area contributed by atoms with Crippen molar-refractivity contribution in [2.24, 2.45) is 0 Å². The molecule has 9 heteroatoms. The van der Waals surface area contributed by atoms with Crippen molar-refractivity contribution in [3.63, 3.8) is 0 Å². The molecule has 176 valence electrons. The Bertz CT molecular complexity index is 932. The van der Waals surface area contributed by atoms with Gasteiger partial charge in [0.25, 0.3) is 0 Å². The summed E-state index contributed by atoms with van der Waals surface area (Å²) in [6.07, 6.45) is 4.90. The molecule has 0 spiro atoms. The zero-order valence-corrected chi connectivity index (χ0v) is 18.9. The molecule has 1 fully saturated rings. The summed E-state index contributed by atoms with van der Waals surface area (Å²) in [6, 6.07) is 17.6. The monoisotopic (exact) mass is 473 g/mol. The van der Waals surface area contributed by atoms with Gasteiger partial charge >= 0.3 is 11.9 Å². The van der Waals surface area contributed by atoms with Crippen LogP contribution in [0.1, 0.15) is 12.0 Å². The predicted octanol–water partition coefficient (Wildman–Crippen LogP) is 3.16. The molecule has 0 radical (unpaired) electrons. The standard InChI is InChI=1S/C22H26ClN3O.C2H2O4/c23-20-9-4-10-21(18-20)24-22(27)11-13-26-16-14-25(15-17-26)12-5-8-19-6-2-1-3-7-19;3-1(4)2(5)6/h1-10,18H,11-17H2,(H,24,27);(H,3,4)(H,5,6). The molecule has 0 bridgehead atoms. The third-order valence-corrected chi connectivity index (χ3v) is 5.12. The number of carboxylic acid groups (broad SMARTS) is 2. The van der Waals surface area contributed by atoms with Crippen molar-refractivity contribution in [3.8, 4) is 0 Å². The van der Waals surface area contributed by atoms with E-state index in [2.05, 4.69) is 51.5 Å². The maximum absolute atomic E-state index is 12.1. The number of anilines is 1. The second-order valence-corrected chi connectivity index (χ2v) is 7.81. The van der Waals surface area contributed by atoms with E-state index in [0.29, 0.717) is 11.4 Å². The fourth-order valence-electron chi connectivity index (χ4n) is 3.15. The summed E-state index contributed by atoms with van der Waals surface area (Å²) in [6.45, 7) is 5.84. The van der Waals surface area contributed by atoms with E-state index < -0.39 is 11.9 Å². The average Bonchev–Trinajstić information content (AvgIpc) is 2.80. The second-order valence-electron chi connectivity index (χ2n) is 7.37. The molecule has 1 heterocycles. The number of carboxylic acids is 2. The van der Waals surface area contributed by atoms with E-state index >= 15 is 0 Å². The summed E-state index contributed by atoms with van der Waals surface area (Å²) in [5.41, 5.74) is 1.99. The van der Waals surface area contributed by atoms with Gasteiger partial charge < -0.3 is 20.4 Å². The minimum Gasteiger partial charge on any atom is -0.473 e. The number of aliphatic carboxylic acids is 2. The van der Waals surface area contributed by atoms with Gasteiger partial charge in [0, 0.05) is 56.4 Å². The molecule has 0 aliphatic carbocycles. The molecule has 0 unspecified atom stereocenters. The number of hydrogen-bond donors (Lipinski definition) is 3. The fourth-order valence-corrected chi connectivity index (χ4v) is 3.34. The molecule has 3 N–H and O–H groups in total. The minimum atomic E-state index is -1.82. The van der Waals surface area contributed by atoms with Crippen LogP contribution < -0.4 is 5.32 Å². The highest BCUT2D eigenvalue weighted by atomic mass is 35.5. The topological polar surface area (TPSA) is 110 Å². The van der Waals surface area contributed by atoms with Gasteiger partial charge in [-0.2, -0.15) is 0 Å². The number of rotatable bonds is 7. The van der Waals surface area contributed by atoms with E-state index in [1.165, 1.54) is 5.56 Å². The van der Waals surface area contributed by atoms with Crippen molar-refractivity contribution in [1.82, 2.24) is 9.80 Å². The molecular formula is C24H28ClN3O5. The van der Waals surface area contributed by atoms with Crippen LogP contribution in [-0.4, -0.2) is 77.1 Å². The lowest BCUT2D eigenvalue weighted by Crippen LogP contribution is -2.46. The van der Waals surface area contributed by atoms with Crippen molar-refractivity contribution in [1.29, 1.82) is 0 Å². The Kier molecular flexibility index (Phi) is 11.1. The van der Waals surface area contributed by atoms with E-state index in [0.717, 1.165) is 45.0 Å². The Balaban J connectivity index is 0.000000569. The fraction of sp³-hybridized carbons (Fsp3) is 0.292. The summed E-state index contributed by atoms with van der Waals surface area (Å²) in [5.74, 6) is -3.62. The number of amides is 1. The molecule has 3 rings (SSSR count). The van der Waals surface area contributed by atoms with E-state index in [4.69, 9.17) is 31.4 Å². The average molecular weight is 474 g/mol. The SMILES string of the molecule is O=C(CCN1CCN(CC=Cc2ccccc2)CC1)Nc1cccc(Cl)c1.O=C(O)C(=O)O. The maximum Gasteiger partial charge on any atom is 0.414 e. The van der Waals surface area contributed by atoms with Gasteiger partial charge in [-0.1, -0.05) is 60.2 Å². The van der Waals surface area contributed by atoms with Crippen LogP contribution in [0.3, 0.4) is 0 Å². The number of nitrogens with one attached hydrogen (secondary N) is 1. The first-order chi connectivity index (χ1) is 15.8. The molecular weight excluding hydrogens is 446 g/mol. The lowest BCUT2D eigenvalue weighted by molar-refractivity contribution is -0.159. The third-order valence-electron chi connectivity index (χ3n) is 4.88. The molecule has 0 saturated carbocycles. The first kappa shape index (κ1) is 26.1. The van der Waals surface area contributed by atoms with Gasteiger partial charge in [0.15, 0.2) is 0 Å². The van der Waals surface area contributed by atoms with E-state index in [-0.39, 0.29) is 5.91 Å². The van der Waals surface area contributed by atoms with Gasteiger partial charge in [-0.3, -0.25) is 9.69 Å². The quantitative estimate of drug-likeness (QED) is 0.530. The van der Waals surface area contributed by atoms with Crippen LogP contribution in [-0.2, 0) is 14.4 Å². The molecule has 1 saturated heterocycles. The van der Waals surface area contributed by atoms with Crippen LogP contribution in [0.2, 0.25) is 5.02 Å². The van der Waals surface area contributed by atoms with Crippen molar-refractivity contribution in [2.45, 2.75) is 6.42 Å². The highest BCUT2D eigenvalue weighted by Crippen LogP contribution is 2.15. The number of piperazine rings is 1. The van der Waals surface area contributed by atoms with Crippen LogP contribution in [0.5, 0.6) is 0 Å². The molecule has 8 nitrogen and oxygen atoms in total. The van der Waals surface area contributed by atoms with Crippen molar-refractivity contribution in [2.75, 3.05) is 44.6 Å². The number of nitrogens with zero attached hydrogens (tertiary/aromatic N) is 2. The van der Waals surface area contributed by atoms with Gasteiger partial charge in [-0.25, -0.2) is 9.59 Å². The third kappa shape index (κ3) is 10.8. The summed E-state index contributed by atoms with van der Waals surface area (Å²) in [5, 5.41) is 18.3. The lowest BCUT2D eigenvalue weighted by Gasteiger charge is -2.34. The number of benzene rings is 2. The first-order valence-corrected chi connectivity index (χ1v) is 10.9. The Morgan fingerprint density at radius 2 is 1.55 bits per heavy atom. The number of hydrogen-bond acceptors (Lipinski definition) is 5. The molecule has 33 heavy (non-hydrogen) atoms. The predicted molar refractivity (Wildman–Crippen MR) is 128 cm³/mol. The second kappa shape index (κ2) is 14.1. The first-order valence-electron chi connectivity index (χ1n) is 10.5. The summed E-state index contributed by atoms with van der Waals surface area (Å²) >= 11 is 5.94. The summed E-state index contributed by atoms with van der Waals surface area (Å²) in [4.78, 5) is 35.1. The Hall–Kier alpha value is -3.20. The molecule has 0 aromatic heterocycles. The van der Waals surface area contributed by atoms with Crippen LogP contribution in [0.4, 0.5) is 5.69 Å². The van der Waals surface area contributed by atoms with Crippen LogP contribution in [0.25, 0.3) is 6.08 Å². The maximum atomic E-state index is 12.1. The zero-order valence-electron chi connectivity index (χ0n) is 18.2. The van der Waals surface area contributed by atoms with Gasteiger partial charge in [-0.15, -0.1) is 0 Å². The molecule has 2 aromatic rings. The number of halogens is 1. The van der Waals surface area contributed by atoms with Gasteiger partial charge in [0.05, 0.1) is 0 Å². The lowest BCUT2D eigenvalue weighted by atomic mass is 10.2. The van der Waals surface area contributed by atoms with Crippen molar-refractivity contribution in [3.05, 3.63) is 71.3 Å². The van der Waals surface area contributed by atoms with E-state index in [1.807, 2.05) is 18.2 Å². The molecule has 1 aliphatic rings. The smallest absolute Gasteiger partial charge is 0.414 e. The molecule has 2 aromatic carbocycles. The van der Waals surface area contributed by atoms with Gasteiger partial charge in [0.1, 0.15) is 0 Å². The normalized spacial score (nSPS) is 14.3. The molecule has 1 aliphatic heterocycles. The van der Waals surface area contributed by atoms with Crippen LogP contribution in [0.15, 0.2) is 60.7 Å². The molecule has 0 atom stereocenters. The van der Waals surface area contributed by atoms with Crippen molar-refractivity contribution < 1.29 is 24.6 Å². The van der Waals surface area contributed by atoms with Crippen molar-refractivity contribution >= 4 is 41.2 Å². The Morgan fingerprint density at radius 3 is 2.15 bits per heavy atom. The van der Waals surface area contributed by atoms with E-state index in [9.17, 15) is 4.79 Å². The van der Waals surface area contributed by atoms with Gasteiger partial charge in [0.2, 0.25) is 5.91 Å². The Labute approximate surface area is 198 Å². The van der Waals surface area contributed by atoms with Gasteiger partial charge in [-0.05, 0) is 23.8 Å². The molecule has 1 amide bonds.